The molecule has 0 unspecified atom stereocenters. The third-order valence-corrected chi connectivity index (χ3v) is 2.87. The zero-order valence-corrected chi connectivity index (χ0v) is 10.3. The van der Waals surface area contributed by atoms with Gasteiger partial charge in [0.2, 0.25) is 0 Å². The van der Waals surface area contributed by atoms with E-state index in [1.54, 1.807) is 36.2 Å². The lowest BCUT2D eigenvalue weighted by molar-refractivity contribution is 0.0698. The molecule has 0 saturated carbocycles. The van der Waals surface area contributed by atoms with Gasteiger partial charge in [-0.2, -0.15) is 0 Å². The van der Waals surface area contributed by atoms with Crippen LogP contribution in [0.4, 0.5) is 21.5 Å². The number of carbonyl (C=O) groups is 1. The molecule has 5 heteroatoms. The molecule has 0 aliphatic carbocycles. The predicted molar refractivity (Wildman–Crippen MR) is 72.3 cm³/mol. The molecule has 3 N–H and O–H groups in total. The Kier molecular flexibility index (Phi) is 3.37. The molecule has 0 fully saturated rings. The first kappa shape index (κ1) is 12.9. The van der Waals surface area contributed by atoms with Crippen LogP contribution in [-0.2, 0) is 0 Å². The van der Waals surface area contributed by atoms with Crippen molar-refractivity contribution < 1.29 is 14.3 Å². The lowest BCUT2D eigenvalue weighted by Gasteiger charge is -2.20. The lowest BCUT2D eigenvalue weighted by atomic mass is 10.1. The predicted octanol–water partition coefficient (Wildman–Crippen LogP) is 2.87. The summed E-state index contributed by atoms with van der Waals surface area (Å²) in [6.45, 7) is 0. The van der Waals surface area contributed by atoms with E-state index >= 15 is 0 Å². The van der Waals surface area contributed by atoms with Crippen LogP contribution in [0.3, 0.4) is 0 Å². The fourth-order valence-electron chi connectivity index (χ4n) is 1.82. The first-order chi connectivity index (χ1) is 9.00. The molecule has 2 aromatic carbocycles. The molecule has 19 heavy (non-hydrogen) atoms. The Labute approximate surface area is 109 Å². The van der Waals surface area contributed by atoms with Crippen LogP contribution in [-0.4, -0.2) is 18.1 Å². The SMILES string of the molecule is CN(c1ccc(C(=O)O)c(N)c1)c1ccccc1F. The Morgan fingerprint density at radius 1 is 1.26 bits per heavy atom. The summed E-state index contributed by atoms with van der Waals surface area (Å²) in [5.74, 6) is -1.44. The number of aromatic carboxylic acids is 1. The standard InChI is InChI=1S/C14H13FN2O2/c1-17(13-5-3-2-4-11(13)15)9-6-7-10(14(18)19)12(16)8-9/h2-8H,16H2,1H3,(H,18,19). The highest BCUT2D eigenvalue weighted by Crippen LogP contribution is 2.28. The molecular weight excluding hydrogens is 247 g/mol. The first-order valence-electron chi connectivity index (χ1n) is 5.62. The average molecular weight is 260 g/mol. The maximum atomic E-state index is 13.7. The number of benzene rings is 2. The molecule has 98 valence electrons. The highest BCUT2D eigenvalue weighted by molar-refractivity contribution is 5.94. The monoisotopic (exact) mass is 260 g/mol. The Morgan fingerprint density at radius 3 is 2.53 bits per heavy atom. The molecule has 0 aliphatic rings. The van der Waals surface area contributed by atoms with Crippen LogP contribution >= 0.6 is 0 Å². The highest BCUT2D eigenvalue weighted by Gasteiger charge is 2.12. The molecule has 0 saturated heterocycles. The lowest BCUT2D eigenvalue weighted by Crippen LogP contribution is -2.12. The molecule has 0 spiro atoms. The minimum Gasteiger partial charge on any atom is -0.478 e. The molecule has 4 nitrogen and oxygen atoms in total. The average Bonchev–Trinajstić information content (AvgIpc) is 2.38. The van der Waals surface area contributed by atoms with Gasteiger partial charge in [-0.15, -0.1) is 0 Å². The smallest absolute Gasteiger partial charge is 0.337 e. The molecule has 0 aromatic heterocycles. The van der Waals surface area contributed by atoms with Crippen LogP contribution in [0, 0.1) is 5.82 Å². The molecule has 0 aliphatic heterocycles. The summed E-state index contributed by atoms with van der Waals surface area (Å²) in [6.07, 6.45) is 0. The second-order valence-electron chi connectivity index (χ2n) is 4.09. The van der Waals surface area contributed by atoms with Gasteiger partial charge in [0.25, 0.3) is 0 Å². The number of carboxylic acid groups (broad SMARTS) is 1. The van der Waals surface area contributed by atoms with Crippen LogP contribution in [0.15, 0.2) is 42.5 Å². The zero-order chi connectivity index (χ0) is 14.0. The van der Waals surface area contributed by atoms with Gasteiger partial charge in [-0.1, -0.05) is 12.1 Å². The van der Waals surface area contributed by atoms with E-state index in [2.05, 4.69) is 0 Å². The van der Waals surface area contributed by atoms with Crippen molar-refractivity contribution in [3.63, 3.8) is 0 Å². The van der Waals surface area contributed by atoms with Crippen molar-refractivity contribution in [2.45, 2.75) is 0 Å². The number of hydrogen-bond acceptors (Lipinski definition) is 3. The number of hydrogen-bond donors (Lipinski definition) is 2. The fourth-order valence-corrected chi connectivity index (χ4v) is 1.82. The van der Waals surface area contributed by atoms with Crippen LogP contribution in [0.1, 0.15) is 10.4 Å². The van der Waals surface area contributed by atoms with E-state index in [4.69, 9.17) is 10.8 Å². The minimum absolute atomic E-state index is 0.0330. The molecule has 0 radical (unpaired) electrons. The van der Waals surface area contributed by atoms with E-state index in [9.17, 15) is 9.18 Å². The quantitative estimate of drug-likeness (QED) is 0.833. The normalized spacial score (nSPS) is 10.2. The molecule has 2 rings (SSSR count). The van der Waals surface area contributed by atoms with Crippen molar-refractivity contribution in [1.82, 2.24) is 0 Å². The number of nitrogen functional groups attached to an aromatic ring is 1. The van der Waals surface area contributed by atoms with Crippen LogP contribution in [0.5, 0.6) is 0 Å². The Bertz CT molecular complexity index is 629. The van der Waals surface area contributed by atoms with E-state index in [0.29, 0.717) is 11.4 Å². The number of rotatable bonds is 3. The third kappa shape index (κ3) is 2.49. The highest BCUT2D eigenvalue weighted by atomic mass is 19.1. The number of nitrogens with zero attached hydrogens (tertiary/aromatic N) is 1. The Hall–Kier alpha value is -2.56. The molecule has 0 amide bonds. The van der Waals surface area contributed by atoms with Gasteiger partial charge in [0.1, 0.15) is 5.82 Å². The van der Waals surface area contributed by atoms with Crippen molar-refractivity contribution >= 4 is 23.0 Å². The van der Waals surface area contributed by atoms with Gasteiger partial charge in [-0.05, 0) is 30.3 Å². The molecule has 0 heterocycles. The molecule has 0 bridgehead atoms. The van der Waals surface area contributed by atoms with Crippen LogP contribution in [0.25, 0.3) is 0 Å². The first-order valence-corrected chi connectivity index (χ1v) is 5.62. The third-order valence-electron chi connectivity index (χ3n) is 2.87. The van der Waals surface area contributed by atoms with Crippen molar-refractivity contribution in [1.29, 1.82) is 0 Å². The summed E-state index contributed by atoms with van der Waals surface area (Å²) in [5.41, 5.74) is 6.87. The van der Waals surface area contributed by atoms with Gasteiger partial charge >= 0.3 is 5.97 Å². The van der Waals surface area contributed by atoms with Gasteiger partial charge in [0.15, 0.2) is 0 Å². The summed E-state index contributed by atoms with van der Waals surface area (Å²) in [7, 11) is 1.69. The van der Waals surface area contributed by atoms with Crippen molar-refractivity contribution in [2.24, 2.45) is 0 Å². The molecule has 2 aromatic rings. The van der Waals surface area contributed by atoms with Gasteiger partial charge in [0.05, 0.1) is 11.3 Å². The molecular formula is C14H13FN2O2. The second kappa shape index (κ2) is 4.97. The largest absolute Gasteiger partial charge is 0.478 e. The zero-order valence-electron chi connectivity index (χ0n) is 10.3. The second-order valence-corrected chi connectivity index (χ2v) is 4.09. The number of nitrogens with two attached hydrogens (primary N) is 1. The summed E-state index contributed by atoms with van der Waals surface area (Å²) in [5, 5.41) is 8.90. The van der Waals surface area contributed by atoms with E-state index < -0.39 is 5.97 Å². The minimum atomic E-state index is -1.09. The number of anilines is 3. The summed E-state index contributed by atoms with van der Waals surface area (Å²) in [6, 6.07) is 10.8. The topological polar surface area (TPSA) is 66.6 Å². The van der Waals surface area contributed by atoms with Gasteiger partial charge < -0.3 is 15.7 Å². The maximum absolute atomic E-state index is 13.7. The molecule has 0 atom stereocenters. The van der Waals surface area contributed by atoms with Crippen molar-refractivity contribution in [3.8, 4) is 0 Å². The van der Waals surface area contributed by atoms with Crippen molar-refractivity contribution in [2.75, 3.05) is 17.7 Å². The van der Waals surface area contributed by atoms with E-state index in [1.807, 2.05) is 0 Å². The number of halogens is 1. The number of para-hydroxylation sites is 1. The van der Waals surface area contributed by atoms with Gasteiger partial charge in [0, 0.05) is 18.4 Å². The Balaban J connectivity index is 2.40. The van der Waals surface area contributed by atoms with Crippen LogP contribution < -0.4 is 10.6 Å². The summed E-state index contributed by atoms with van der Waals surface area (Å²) < 4.78 is 13.7. The van der Waals surface area contributed by atoms with Gasteiger partial charge in [-0.25, -0.2) is 9.18 Å². The summed E-state index contributed by atoms with van der Waals surface area (Å²) >= 11 is 0. The number of carboxylic acids is 1. The van der Waals surface area contributed by atoms with E-state index in [1.165, 1.54) is 18.2 Å². The van der Waals surface area contributed by atoms with E-state index in [-0.39, 0.29) is 17.1 Å². The Morgan fingerprint density at radius 2 is 1.95 bits per heavy atom. The summed E-state index contributed by atoms with van der Waals surface area (Å²) in [4.78, 5) is 12.5. The fraction of sp³-hybridized carbons (Fsp3) is 0.0714. The maximum Gasteiger partial charge on any atom is 0.337 e. The van der Waals surface area contributed by atoms with Gasteiger partial charge in [-0.3, -0.25) is 0 Å². The van der Waals surface area contributed by atoms with E-state index in [0.717, 1.165) is 0 Å². The van der Waals surface area contributed by atoms with Crippen LogP contribution in [0.2, 0.25) is 0 Å². The van der Waals surface area contributed by atoms with Crippen molar-refractivity contribution in [3.05, 3.63) is 53.8 Å².